The van der Waals surface area contributed by atoms with E-state index in [1.807, 2.05) is 0 Å². The maximum Gasteiger partial charge on any atom is 0.0939 e. The molecule has 0 aromatic heterocycles. The predicted octanol–water partition coefficient (Wildman–Crippen LogP) is 3.08. The Balaban J connectivity index is 1.59. The van der Waals surface area contributed by atoms with E-state index in [1.54, 1.807) is 0 Å². The van der Waals surface area contributed by atoms with Gasteiger partial charge in [-0.2, -0.15) is 11.8 Å². The Morgan fingerprint density at radius 2 is 2.10 bits per heavy atom. The van der Waals surface area contributed by atoms with Crippen LogP contribution >= 0.6 is 11.8 Å². The molecule has 122 valence electrons. The molecule has 3 aliphatic heterocycles. The molecule has 0 saturated carbocycles. The summed E-state index contributed by atoms with van der Waals surface area (Å²) < 4.78 is 11.7. The molecule has 3 saturated heterocycles. The fourth-order valence-electron chi connectivity index (χ4n) is 4.32. The maximum atomic E-state index is 6.12. The van der Waals surface area contributed by atoms with Gasteiger partial charge < -0.3 is 14.8 Å². The Labute approximate surface area is 133 Å². The van der Waals surface area contributed by atoms with Gasteiger partial charge in [0.1, 0.15) is 0 Å². The lowest BCUT2D eigenvalue weighted by molar-refractivity contribution is -0.104. The van der Waals surface area contributed by atoms with E-state index in [0.29, 0.717) is 6.04 Å². The summed E-state index contributed by atoms with van der Waals surface area (Å²) in [6.07, 6.45) is 7.74. The quantitative estimate of drug-likeness (QED) is 0.845. The lowest BCUT2D eigenvalue weighted by Crippen LogP contribution is -2.48. The molecule has 3 aliphatic rings. The molecule has 1 spiro atoms. The third-order valence-corrected chi connectivity index (χ3v) is 6.61. The number of ether oxygens (including phenoxy) is 2. The minimum absolute atomic E-state index is 0.0546. The molecule has 3 heterocycles. The Hall–Kier alpha value is 0.230. The van der Waals surface area contributed by atoms with E-state index in [1.165, 1.54) is 43.6 Å². The fraction of sp³-hybridized carbons (Fsp3) is 1.00. The number of hydrogen-bond donors (Lipinski definition) is 1. The van der Waals surface area contributed by atoms with E-state index in [0.717, 1.165) is 44.6 Å². The number of hydrogen-bond acceptors (Lipinski definition) is 4. The van der Waals surface area contributed by atoms with Gasteiger partial charge in [0.15, 0.2) is 0 Å². The van der Waals surface area contributed by atoms with Crippen molar-refractivity contribution in [2.45, 2.75) is 57.1 Å². The van der Waals surface area contributed by atoms with Crippen LogP contribution in [0.5, 0.6) is 0 Å². The molecular formula is C17H31NO2S. The minimum Gasteiger partial charge on any atom is -0.378 e. The summed E-state index contributed by atoms with van der Waals surface area (Å²) in [6, 6.07) is 0.685. The van der Waals surface area contributed by atoms with Crippen molar-refractivity contribution in [1.29, 1.82) is 0 Å². The Bertz CT molecular complexity index is 314. The van der Waals surface area contributed by atoms with Crippen LogP contribution in [-0.4, -0.2) is 49.5 Å². The Kier molecular flexibility index (Phi) is 5.88. The molecule has 3 nitrogen and oxygen atoms in total. The van der Waals surface area contributed by atoms with Gasteiger partial charge in [-0.15, -0.1) is 0 Å². The summed E-state index contributed by atoms with van der Waals surface area (Å²) in [6.45, 7) is 5.97. The number of rotatable bonds is 5. The van der Waals surface area contributed by atoms with Gasteiger partial charge in [-0.3, -0.25) is 0 Å². The van der Waals surface area contributed by atoms with Gasteiger partial charge in [0.2, 0.25) is 0 Å². The molecular weight excluding hydrogens is 282 g/mol. The molecule has 3 fully saturated rings. The topological polar surface area (TPSA) is 30.5 Å². The second-order valence-electron chi connectivity index (χ2n) is 7.04. The summed E-state index contributed by atoms with van der Waals surface area (Å²) in [5.74, 6) is 4.45. The van der Waals surface area contributed by atoms with Crippen LogP contribution in [0.2, 0.25) is 0 Å². The first-order valence-electron chi connectivity index (χ1n) is 8.84. The van der Waals surface area contributed by atoms with E-state index in [-0.39, 0.29) is 5.60 Å². The van der Waals surface area contributed by atoms with Crippen LogP contribution in [0.15, 0.2) is 0 Å². The van der Waals surface area contributed by atoms with Crippen LogP contribution in [0.1, 0.15) is 45.4 Å². The molecule has 1 N–H and O–H groups in total. The normalized spacial score (nSPS) is 36.1. The minimum atomic E-state index is 0.0546. The highest BCUT2D eigenvalue weighted by atomic mass is 32.2. The van der Waals surface area contributed by atoms with E-state index in [4.69, 9.17) is 9.47 Å². The van der Waals surface area contributed by atoms with Crippen LogP contribution in [0.25, 0.3) is 0 Å². The molecule has 4 heteroatoms. The largest absolute Gasteiger partial charge is 0.378 e. The van der Waals surface area contributed by atoms with Crippen LogP contribution < -0.4 is 5.32 Å². The summed E-state index contributed by atoms with van der Waals surface area (Å²) in [4.78, 5) is 0. The van der Waals surface area contributed by atoms with E-state index in [9.17, 15) is 0 Å². The average molecular weight is 314 g/mol. The van der Waals surface area contributed by atoms with Gasteiger partial charge in [0, 0.05) is 25.7 Å². The highest BCUT2D eigenvalue weighted by molar-refractivity contribution is 7.99. The van der Waals surface area contributed by atoms with E-state index >= 15 is 0 Å². The van der Waals surface area contributed by atoms with Gasteiger partial charge in [-0.1, -0.05) is 6.92 Å². The van der Waals surface area contributed by atoms with Crippen molar-refractivity contribution in [2.24, 2.45) is 11.8 Å². The molecule has 3 unspecified atom stereocenters. The van der Waals surface area contributed by atoms with Gasteiger partial charge in [-0.25, -0.2) is 0 Å². The van der Waals surface area contributed by atoms with Crippen molar-refractivity contribution in [3.8, 4) is 0 Å². The van der Waals surface area contributed by atoms with Crippen LogP contribution in [-0.2, 0) is 9.47 Å². The van der Waals surface area contributed by atoms with Crippen LogP contribution in [0.3, 0.4) is 0 Å². The Morgan fingerprint density at radius 1 is 1.24 bits per heavy atom. The number of nitrogens with one attached hydrogen (secondary N) is 1. The smallest absolute Gasteiger partial charge is 0.0939 e. The van der Waals surface area contributed by atoms with Crippen molar-refractivity contribution < 1.29 is 9.47 Å². The summed E-state index contributed by atoms with van der Waals surface area (Å²) >= 11 is 2.13. The monoisotopic (exact) mass is 313 g/mol. The molecule has 0 aromatic carbocycles. The number of thioether (sulfide) groups is 1. The van der Waals surface area contributed by atoms with Crippen molar-refractivity contribution in [1.82, 2.24) is 5.32 Å². The molecule has 0 aliphatic carbocycles. The zero-order chi connectivity index (χ0) is 14.5. The zero-order valence-corrected chi connectivity index (χ0v) is 14.3. The zero-order valence-electron chi connectivity index (χ0n) is 13.4. The van der Waals surface area contributed by atoms with Crippen molar-refractivity contribution in [3.05, 3.63) is 0 Å². The first-order chi connectivity index (χ1) is 10.3. The molecule has 0 amide bonds. The first kappa shape index (κ1) is 16.1. The summed E-state index contributed by atoms with van der Waals surface area (Å²) in [5.41, 5.74) is 0.0546. The van der Waals surface area contributed by atoms with Gasteiger partial charge in [0.25, 0.3) is 0 Å². The average Bonchev–Trinajstić information content (AvgIpc) is 2.96. The van der Waals surface area contributed by atoms with Crippen molar-refractivity contribution >= 4 is 11.8 Å². The molecule has 0 bridgehead atoms. The first-order valence-corrected chi connectivity index (χ1v) is 10.00. The lowest BCUT2D eigenvalue weighted by Gasteiger charge is -2.41. The molecule has 3 rings (SSSR count). The summed E-state index contributed by atoms with van der Waals surface area (Å²) in [5, 5.41) is 3.80. The highest BCUT2D eigenvalue weighted by Gasteiger charge is 2.43. The third-order valence-electron chi connectivity index (χ3n) is 5.56. The van der Waals surface area contributed by atoms with E-state index in [2.05, 4.69) is 24.0 Å². The lowest BCUT2D eigenvalue weighted by atomic mass is 9.77. The molecule has 21 heavy (non-hydrogen) atoms. The van der Waals surface area contributed by atoms with Gasteiger partial charge in [0.05, 0.1) is 12.2 Å². The highest BCUT2D eigenvalue weighted by Crippen LogP contribution is 2.39. The molecule has 0 aromatic rings. The Morgan fingerprint density at radius 3 is 2.81 bits per heavy atom. The van der Waals surface area contributed by atoms with E-state index < -0.39 is 0 Å². The SMILES string of the molecule is CCNC(CC1CCSCC1)C1CCOC2(CCOC2)C1. The maximum absolute atomic E-state index is 6.12. The standard InChI is InChI=1S/C17H31NO2S/c1-2-18-16(11-14-4-9-21-10-5-14)15-3-7-20-17(12-15)6-8-19-13-17/h14-16,18H,2-13H2,1H3. The fourth-order valence-corrected chi connectivity index (χ4v) is 5.52. The van der Waals surface area contributed by atoms with Crippen molar-refractivity contribution in [3.63, 3.8) is 0 Å². The van der Waals surface area contributed by atoms with Crippen molar-refractivity contribution in [2.75, 3.05) is 37.9 Å². The van der Waals surface area contributed by atoms with Gasteiger partial charge >= 0.3 is 0 Å². The van der Waals surface area contributed by atoms with Crippen LogP contribution in [0, 0.1) is 11.8 Å². The predicted molar refractivity (Wildman–Crippen MR) is 89.0 cm³/mol. The van der Waals surface area contributed by atoms with Crippen LogP contribution in [0.4, 0.5) is 0 Å². The molecule has 0 radical (unpaired) electrons. The second kappa shape index (κ2) is 7.67. The third kappa shape index (κ3) is 4.15. The second-order valence-corrected chi connectivity index (χ2v) is 8.27. The molecule has 3 atom stereocenters. The summed E-state index contributed by atoms with van der Waals surface area (Å²) in [7, 11) is 0. The van der Waals surface area contributed by atoms with Gasteiger partial charge in [-0.05, 0) is 62.0 Å².